The maximum absolute atomic E-state index is 14.9. The van der Waals surface area contributed by atoms with E-state index in [4.69, 9.17) is 9.84 Å². The molecule has 36 heavy (non-hydrogen) atoms. The number of halogens is 2. The molecule has 0 radical (unpaired) electrons. The van der Waals surface area contributed by atoms with Gasteiger partial charge in [0.05, 0.1) is 5.71 Å². The first-order chi connectivity index (χ1) is 17.3. The van der Waals surface area contributed by atoms with Gasteiger partial charge in [0.1, 0.15) is 17.7 Å². The highest BCUT2D eigenvalue weighted by molar-refractivity contribution is 6.00. The molecule has 1 aliphatic heterocycles. The molecule has 5 rings (SSSR count). The molecule has 3 aromatic rings. The highest BCUT2D eigenvalue weighted by Gasteiger charge is 2.58. The molecule has 2 fully saturated rings. The molecule has 2 aromatic carbocycles. The van der Waals surface area contributed by atoms with E-state index in [0.29, 0.717) is 29.9 Å². The molecule has 1 aromatic heterocycles. The maximum Gasteiger partial charge on any atom is 0.506 e. The van der Waals surface area contributed by atoms with Crippen molar-refractivity contribution in [1.82, 2.24) is 4.98 Å². The molecular formula is C27H25F2N3O4. The van der Waals surface area contributed by atoms with Gasteiger partial charge < -0.3 is 20.0 Å². The number of anilines is 1. The van der Waals surface area contributed by atoms with Crippen LogP contribution >= 0.6 is 0 Å². The van der Waals surface area contributed by atoms with E-state index in [1.165, 1.54) is 12.1 Å². The topological polar surface area (TPSA) is 95.2 Å². The molecule has 0 amide bonds. The van der Waals surface area contributed by atoms with E-state index in [0.717, 1.165) is 23.0 Å². The van der Waals surface area contributed by atoms with Crippen molar-refractivity contribution in [2.45, 2.75) is 25.4 Å². The predicted molar refractivity (Wildman–Crippen MR) is 129 cm³/mol. The molecule has 0 bridgehead atoms. The second-order valence-electron chi connectivity index (χ2n) is 9.33. The summed E-state index contributed by atoms with van der Waals surface area (Å²) in [7, 11) is 0. The number of hydrogen-bond donors (Lipinski definition) is 2. The van der Waals surface area contributed by atoms with Crippen molar-refractivity contribution in [3.8, 4) is 0 Å². The molecule has 186 valence electrons. The third kappa shape index (κ3) is 4.73. The SMILES string of the molecule is Cc1cc(/C(C[C@H](c2ccc(N3C[C@@H]4C(OC(=O)O)[C@@H]4C3)cc2)c2ccc(F)cc2F)=N/O)ccn1. The minimum absolute atomic E-state index is 0.184. The Kier molecular flexibility index (Phi) is 6.30. The monoisotopic (exact) mass is 493 g/mol. The van der Waals surface area contributed by atoms with E-state index in [1.54, 1.807) is 18.3 Å². The average Bonchev–Trinajstić information content (AvgIpc) is 3.27. The number of carbonyl (C=O) groups is 1. The summed E-state index contributed by atoms with van der Waals surface area (Å²) in [6.45, 7) is 3.24. The van der Waals surface area contributed by atoms with Crippen molar-refractivity contribution in [2.24, 2.45) is 17.0 Å². The van der Waals surface area contributed by atoms with E-state index in [-0.39, 0.29) is 24.4 Å². The van der Waals surface area contributed by atoms with Gasteiger partial charge in [-0.05, 0) is 48.4 Å². The zero-order chi connectivity index (χ0) is 25.4. The first-order valence-corrected chi connectivity index (χ1v) is 11.7. The van der Waals surface area contributed by atoms with Crippen LogP contribution in [-0.2, 0) is 4.74 Å². The Morgan fingerprint density at radius 3 is 2.47 bits per heavy atom. The normalized spacial score (nSPS) is 21.7. The standard InChI is InChI=1S/C27H25F2N3O4/c1-15-10-17(8-9-30-15)25(31-35)12-21(20-7-4-18(28)11-24(20)29)16-2-5-19(6-3-16)32-13-22-23(14-32)26(22)36-27(33)34/h2-11,21-23,26,35H,12-14H2,1H3,(H,33,34)/b31-25+/t21-,22-,23+,26?/m1/s1. The van der Waals surface area contributed by atoms with Gasteiger partial charge >= 0.3 is 6.16 Å². The van der Waals surface area contributed by atoms with E-state index >= 15 is 0 Å². The lowest BCUT2D eigenvalue weighted by atomic mass is 9.85. The fraction of sp³-hybridized carbons (Fsp3) is 0.296. The van der Waals surface area contributed by atoms with Crippen LogP contribution in [0.4, 0.5) is 19.3 Å². The van der Waals surface area contributed by atoms with Crippen LogP contribution < -0.4 is 4.90 Å². The molecule has 2 heterocycles. The molecule has 2 N–H and O–H groups in total. The predicted octanol–water partition coefficient (Wildman–Crippen LogP) is 5.20. The van der Waals surface area contributed by atoms with Crippen LogP contribution in [0.2, 0.25) is 0 Å². The number of aromatic nitrogens is 1. The highest BCUT2D eigenvalue weighted by atomic mass is 19.1. The zero-order valence-electron chi connectivity index (χ0n) is 19.5. The summed E-state index contributed by atoms with van der Waals surface area (Å²) >= 11 is 0. The first-order valence-electron chi connectivity index (χ1n) is 11.7. The summed E-state index contributed by atoms with van der Waals surface area (Å²) in [4.78, 5) is 17.1. The van der Waals surface area contributed by atoms with Gasteiger partial charge in [-0.25, -0.2) is 13.6 Å². The van der Waals surface area contributed by atoms with E-state index < -0.39 is 23.7 Å². The number of ether oxygens (including phenoxy) is 1. The lowest BCUT2D eigenvalue weighted by molar-refractivity contribution is 0.0757. The largest absolute Gasteiger partial charge is 0.506 e. The number of nitrogens with zero attached hydrogens (tertiary/aromatic N) is 3. The number of fused-ring (bicyclic) bond motifs is 1. The summed E-state index contributed by atoms with van der Waals surface area (Å²) in [6, 6.07) is 14.7. The van der Waals surface area contributed by atoms with E-state index in [1.807, 2.05) is 31.2 Å². The molecule has 1 saturated heterocycles. The Hall–Kier alpha value is -4.01. The Bertz CT molecular complexity index is 1300. The Labute approximate surface area is 206 Å². The molecule has 0 spiro atoms. The van der Waals surface area contributed by atoms with Gasteiger partial charge in [0, 0.05) is 66.5 Å². The molecule has 7 nitrogen and oxygen atoms in total. The fourth-order valence-corrected chi connectivity index (χ4v) is 5.22. The molecule has 9 heteroatoms. The van der Waals surface area contributed by atoms with Crippen LogP contribution in [0.25, 0.3) is 0 Å². The number of hydrogen-bond acceptors (Lipinski definition) is 6. The van der Waals surface area contributed by atoms with Gasteiger partial charge in [-0.15, -0.1) is 0 Å². The van der Waals surface area contributed by atoms with Crippen molar-refractivity contribution in [1.29, 1.82) is 0 Å². The molecule has 1 saturated carbocycles. The smallest absolute Gasteiger partial charge is 0.450 e. The fourth-order valence-electron chi connectivity index (χ4n) is 5.22. The molecule has 2 aliphatic rings. The molecular weight excluding hydrogens is 468 g/mol. The maximum atomic E-state index is 14.9. The minimum atomic E-state index is -1.24. The molecule has 4 atom stereocenters. The third-order valence-electron chi connectivity index (χ3n) is 7.10. The molecule has 1 aliphatic carbocycles. The minimum Gasteiger partial charge on any atom is -0.450 e. The lowest BCUT2D eigenvalue weighted by Gasteiger charge is -2.24. The van der Waals surface area contributed by atoms with Gasteiger partial charge in [-0.3, -0.25) is 4.98 Å². The summed E-state index contributed by atoms with van der Waals surface area (Å²) in [5.74, 6) is -1.46. The number of benzene rings is 2. The summed E-state index contributed by atoms with van der Waals surface area (Å²) in [6.07, 6.45) is 0.336. The van der Waals surface area contributed by atoms with Gasteiger partial charge in [-0.1, -0.05) is 23.4 Å². The quantitative estimate of drug-likeness (QED) is 0.203. The van der Waals surface area contributed by atoms with Crippen LogP contribution in [-0.4, -0.2) is 46.4 Å². The second kappa shape index (κ2) is 9.56. The van der Waals surface area contributed by atoms with Gasteiger partial charge in [-0.2, -0.15) is 0 Å². The number of aryl methyl sites for hydroxylation is 1. The average molecular weight is 494 g/mol. The number of pyridine rings is 1. The Morgan fingerprint density at radius 2 is 1.86 bits per heavy atom. The van der Waals surface area contributed by atoms with Crippen molar-refractivity contribution >= 4 is 17.6 Å². The Morgan fingerprint density at radius 1 is 1.14 bits per heavy atom. The van der Waals surface area contributed by atoms with E-state index in [9.17, 15) is 18.8 Å². The highest BCUT2D eigenvalue weighted by Crippen LogP contribution is 2.49. The van der Waals surface area contributed by atoms with Gasteiger partial charge in [0.2, 0.25) is 0 Å². The van der Waals surface area contributed by atoms with Crippen molar-refractivity contribution in [2.75, 3.05) is 18.0 Å². The van der Waals surface area contributed by atoms with Crippen molar-refractivity contribution < 1.29 is 28.6 Å². The summed E-state index contributed by atoms with van der Waals surface area (Å²) in [5, 5.41) is 22.1. The van der Waals surface area contributed by atoms with Crippen LogP contribution in [0.15, 0.2) is 65.9 Å². The number of rotatable bonds is 7. The third-order valence-corrected chi connectivity index (χ3v) is 7.10. The zero-order valence-corrected chi connectivity index (χ0v) is 19.5. The van der Waals surface area contributed by atoms with Gasteiger partial charge in [0.25, 0.3) is 0 Å². The first kappa shape index (κ1) is 23.7. The lowest BCUT2D eigenvalue weighted by Crippen LogP contribution is -2.26. The van der Waals surface area contributed by atoms with Crippen LogP contribution in [0.1, 0.15) is 34.7 Å². The number of oxime groups is 1. The van der Waals surface area contributed by atoms with E-state index in [2.05, 4.69) is 15.0 Å². The van der Waals surface area contributed by atoms with Gasteiger partial charge in [0.15, 0.2) is 0 Å². The van der Waals surface area contributed by atoms with Crippen LogP contribution in [0.3, 0.4) is 0 Å². The van der Waals surface area contributed by atoms with Crippen LogP contribution in [0.5, 0.6) is 0 Å². The second-order valence-corrected chi connectivity index (χ2v) is 9.33. The molecule has 1 unspecified atom stereocenters. The van der Waals surface area contributed by atoms with Crippen molar-refractivity contribution in [3.05, 3.63) is 94.8 Å². The van der Waals surface area contributed by atoms with Crippen LogP contribution in [0, 0.1) is 30.4 Å². The Balaban J connectivity index is 1.39. The summed E-state index contributed by atoms with van der Waals surface area (Å²) < 4.78 is 33.5. The summed E-state index contributed by atoms with van der Waals surface area (Å²) in [5.41, 5.74) is 3.84. The van der Waals surface area contributed by atoms with Crippen molar-refractivity contribution in [3.63, 3.8) is 0 Å². The number of piperidine rings is 1. The number of carboxylic acid groups (broad SMARTS) is 1.